The van der Waals surface area contributed by atoms with Gasteiger partial charge in [-0.15, -0.1) is 23.1 Å². The van der Waals surface area contributed by atoms with Gasteiger partial charge >= 0.3 is 0 Å². The van der Waals surface area contributed by atoms with Crippen LogP contribution in [0, 0.1) is 0 Å². The number of nitrogens with zero attached hydrogens (tertiary/aromatic N) is 1. The van der Waals surface area contributed by atoms with E-state index in [0.29, 0.717) is 6.54 Å². The maximum Gasteiger partial charge on any atom is 0.103 e. The van der Waals surface area contributed by atoms with Gasteiger partial charge < -0.3 is 5.73 Å². The van der Waals surface area contributed by atoms with E-state index < -0.39 is 0 Å². The maximum atomic E-state index is 5.72. The number of aromatic nitrogens is 1. The Morgan fingerprint density at radius 1 is 1.33 bits per heavy atom. The fraction of sp³-hybridized carbons (Fsp3) is 0.308. The number of benzene rings is 1. The average molecular weight is 343 g/mol. The van der Waals surface area contributed by atoms with Crippen LogP contribution in [0.2, 0.25) is 0 Å². The van der Waals surface area contributed by atoms with Crippen molar-refractivity contribution in [3.63, 3.8) is 0 Å². The Hall–Kier alpha value is -0.360. The lowest BCUT2D eigenvalue weighted by Crippen LogP contribution is -1.96. The van der Waals surface area contributed by atoms with Crippen molar-refractivity contribution in [1.29, 1.82) is 0 Å². The summed E-state index contributed by atoms with van der Waals surface area (Å²) in [6.07, 6.45) is 0.964. The van der Waals surface area contributed by atoms with Gasteiger partial charge in [0.15, 0.2) is 0 Å². The van der Waals surface area contributed by atoms with Gasteiger partial charge in [0.25, 0.3) is 0 Å². The SMILES string of the molecule is CCc1nc(CSc2ccc(Br)cc2)sc1CN. The number of aryl methyl sites for hydroxylation is 1. The molecule has 1 heterocycles. The van der Waals surface area contributed by atoms with Crippen LogP contribution in [0.5, 0.6) is 0 Å². The van der Waals surface area contributed by atoms with Gasteiger partial charge in [0.1, 0.15) is 5.01 Å². The van der Waals surface area contributed by atoms with Crippen LogP contribution in [0.3, 0.4) is 0 Å². The predicted octanol–water partition coefficient (Wildman–Crippen LogP) is 4.22. The molecule has 0 aliphatic carbocycles. The van der Waals surface area contributed by atoms with Crippen molar-refractivity contribution in [2.24, 2.45) is 5.73 Å². The molecule has 0 fully saturated rings. The third-order valence-electron chi connectivity index (χ3n) is 2.52. The summed E-state index contributed by atoms with van der Waals surface area (Å²) in [5.41, 5.74) is 6.88. The fourth-order valence-corrected chi connectivity index (χ4v) is 3.80. The minimum absolute atomic E-state index is 0.601. The molecule has 5 heteroatoms. The van der Waals surface area contributed by atoms with Gasteiger partial charge in [-0.05, 0) is 30.7 Å². The monoisotopic (exact) mass is 342 g/mol. The highest BCUT2D eigenvalue weighted by molar-refractivity contribution is 9.10. The molecule has 0 saturated heterocycles. The van der Waals surface area contributed by atoms with E-state index in [-0.39, 0.29) is 0 Å². The predicted molar refractivity (Wildman–Crippen MR) is 83.1 cm³/mol. The van der Waals surface area contributed by atoms with Gasteiger partial charge in [-0.25, -0.2) is 4.98 Å². The fourth-order valence-electron chi connectivity index (χ4n) is 1.61. The summed E-state index contributed by atoms with van der Waals surface area (Å²) >= 11 is 6.99. The van der Waals surface area contributed by atoms with E-state index in [1.165, 1.54) is 14.8 Å². The molecule has 2 nitrogen and oxygen atoms in total. The molecule has 0 amide bonds. The van der Waals surface area contributed by atoms with Crippen molar-refractivity contribution in [3.8, 4) is 0 Å². The van der Waals surface area contributed by atoms with E-state index >= 15 is 0 Å². The molecule has 0 spiro atoms. The van der Waals surface area contributed by atoms with Gasteiger partial charge in [0.05, 0.1) is 11.4 Å². The topological polar surface area (TPSA) is 38.9 Å². The van der Waals surface area contributed by atoms with Crippen LogP contribution in [-0.2, 0) is 18.7 Å². The van der Waals surface area contributed by atoms with Crippen molar-refractivity contribution in [1.82, 2.24) is 4.98 Å². The molecule has 0 aliphatic rings. The minimum Gasteiger partial charge on any atom is -0.326 e. The second kappa shape index (κ2) is 6.70. The Balaban J connectivity index is 2.01. The molecule has 0 atom stereocenters. The first kappa shape index (κ1) is 14.1. The molecule has 2 aromatic rings. The second-order valence-electron chi connectivity index (χ2n) is 3.78. The van der Waals surface area contributed by atoms with Gasteiger partial charge in [-0.3, -0.25) is 0 Å². The number of thioether (sulfide) groups is 1. The molecule has 0 aliphatic heterocycles. The van der Waals surface area contributed by atoms with E-state index in [4.69, 9.17) is 5.73 Å². The number of nitrogens with two attached hydrogens (primary N) is 1. The highest BCUT2D eigenvalue weighted by Crippen LogP contribution is 2.27. The molecular formula is C13H15BrN2S2. The zero-order valence-corrected chi connectivity index (χ0v) is 13.4. The van der Waals surface area contributed by atoms with Crippen LogP contribution >= 0.6 is 39.0 Å². The number of halogens is 1. The van der Waals surface area contributed by atoms with Gasteiger partial charge in [-0.1, -0.05) is 22.9 Å². The first-order valence-electron chi connectivity index (χ1n) is 5.78. The molecule has 0 saturated carbocycles. The largest absolute Gasteiger partial charge is 0.326 e. The molecule has 2 rings (SSSR count). The zero-order valence-electron chi connectivity index (χ0n) is 10.1. The Kier molecular flexibility index (Phi) is 5.24. The molecule has 96 valence electrons. The van der Waals surface area contributed by atoms with Crippen molar-refractivity contribution < 1.29 is 0 Å². The first-order valence-corrected chi connectivity index (χ1v) is 8.38. The Labute approximate surface area is 124 Å². The Morgan fingerprint density at radius 3 is 2.61 bits per heavy atom. The highest BCUT2D eigenvalue weighted by Gasteiger charge is 2.08. The van der Waals surface area contributed by atoms with Crippen molar-refractivity contribution in [2.75, 3.05) is 0 Å². The first-order chi connectivity index (χ1) is 8.72. The van der Waals surface area contributed by atoms with Crippen LogP contribution in [0.4, 0.5) is 0 Å². The summed E-state index contributed by atoms with van der Waals surface area (Å²) in [5.74, 6) is 0.916. The quantitative estimate of drug-likeness (QED) is 0.826. The minimum atomic E-state index is 0.601. The van der Waals surface area contributed by atoms with Gasteiger partial charge in [0.2, 0.25) is 0 Å². The third-order valence-corrected chi connectivity index (χ3v) is 5.37. The molecule has 2 N–H and O–H groups in total. The summed E-state index contributed by atoms with van der Waals surface area (Å²) in [6.45, 7) is 2.73. The number of rotatable bonds is 5. The third kappa shape index (κ3) is 3.57. The standard InChI is InChI=1S/C13H15BrN2S2/c1-2-11-12(7-15)18-13(16-11)8-17-10-5-3-9(14)4-6-10/h3-6H,2,7-8,15H2,1H3. The van der Waals surface area contributed by atoms with E-state index in [1.807, 2.05) is 11.8 Å². The van der Waals surface area contributed by atoms with Crippen molar-refractivity contribution >= 4 is 39.0 Å². The van der Waals surface area contributed by atoms with Crippen molar-refractivity contribution in [3.05, 3.63) is 44.3 Å². The molecule has 0 radical (unpaired) electrons. The van der Waals surface area contributed by atoms with Gasteiger partial charge in [0, 0.05) is 20.8 Å². The molecular weight excluding hydrogens is 328 g/mol. The highest BCUT2D eigenvalue weighted by atomic mass is 79.9. The van der Waals surface area contributed by atoms with E-state index in [1.54, 1.807) is 11.3 Å². The molecule has 18 heavy (non-hydrogen) atoms. The molecule has 1 aromatic heterocycles. The normalized spacial score (nSPS) is 10.8. The summed E-state index contributed by atoms with van der Waals surface area (Å²) in [5, 5.41) is 1.17. The maximum absolute atomic E-state index is 5.72. The van der Waals surface area contributed by atoms with Crippen LogP contribution in [0.15, 0.2) is 33.6 Å². The van der Waals surface area contributed by atoms with Crippen LogP contribution < -0.4 is 5.73 Å². The van der Waals surface area contributed by atoms with E-state index in [9.17, 15) is 0 Å². The Bertz CT molecular complexity index is 487. The number of thiazole rings is 1. The lowest BCUT2D eigenvalue weighted by Gasteiger charge is -1.99. The number of hydrogen-bond donors (Lipinski definition) is 1. The molecule has 0 unspecified atom stereocenters. The Morgan fingerprint density at radius 2 is 2.06 bits per heavy atom. The smallest absolute Gasteiger partial charge is 0.103 e. The lowest BCUT2D eigenvalue weighted by molar-refractivity contribution is 0.978. The van der Waals surface area contributed by atoms with E-state index in [0.717, 1.165) is 22.3 Å². The van der Waals surface area contributed by atoms with E-state index in [2.05, 4.69) is 52.1 Å². The lowest BCUT2D eigenvalue weighted by atomic mass is 10.3. The summed E-state index contributed by atoms with van der Waals surface area (Å²) < 4.78 is 1.11. The molecule has 1 aromatic carbocycles. The summed E-state index contributed by atoms with van der Waals surface area (Å²) in [6, 6.07) is 8.36. The summed E-state index contributed by atoms with van der Waals surface area (Å²) in [4.78, 5) is 7.13. The van der Waals surface area contributed by atoms with Crippen molar-refractivity contribution in [2.45, 2.75) is 30.5 Å². The number of hydrogen-bond acceptors (Lipinski definition) is 4. The zero-order chi connectivity index (χ0) is 13.0. The second-order valence-corrected chi connectivity index (χ2v) is 6.91. The summed E-state index contributed by atoms with van der Waals surface area (Å²) in [7, 11) is 0. The van der Waals surface area contributed by atoms with Crippen LogP contribution in [0.25, 0.3) is 0 Å². The van der Waals surface area contributed by atoms with Crippen LogP contribution in [-0.4, -0.2) is 4.98 Å². The average Bonchev–Trinajstić information content (AvgIpc) is 2.80. The van der Waals surface area contributed by atoms with Crippen LogP contribution in [0.1, 0.15) is 22.5 Å². The molecule has 0 bridgehead atoms. The van der Waals surface area contributed by atoms with Gasteiger partial charge in [-0.2, -0.15) is 0 Å².